The number of hydrogen-bond acceptors (Lipinski definition) is 2. The molecule has 0 aliphatic heterocycles. The predicted octanol–water partition coefficient (Wildman–Crippen LogP) is 1.79. The zero-order valence-corrected chi connectivity index (χ0v) is 6.91. The number of pyridine rings is 1. The highest BCUT2D eigenvalue weighted by Gasteiger charge is 1.94. The Morgan fingerprint density at radius 1 is 1.55 bits per heavy atom. The molecule has 1 rings (SSSR count). The quantitative estimate of drug-likeness (QED) is 0.635. The molecule has 0 atom stereocenters. The molecule has 0 radical (unpaired) electrons. The summed E-state index contributed by atoms with van der Waals surface area (Å²) in [4.78, 5) is 6.13. The number of rotatable bonds is 2. The summed E-state index contributed by atoms with van der Waals surface area (Å²) in [6.45, 7) is 3.65. The molecule has 1 aromatic heterocycles. The van der Waals surface area contributed by atoms with Crippen LogP contribution in [-0.2, 0) is 0 Å². The summed E-state index contributed by atoms with van der Waals surface area (Å²) >= 11 is 0. The zero-order valence-electron chi connectivity index (χ0n) is 6.91. The van der Waals surface area contributed by atoms with Gasteiger partial charge in [-0.15, -0.1) is 0 Å². The lowest BCUT2D eigenvalue weighted by Crippen LogP contribution is -2.08. The van der Waals surface area contributed by atoms with Crippen LogP contribution in [0.1, 0.15) is 5.69 Å². The number of anilines is 1. The summed E-state index contributed by atoms with van der Waals surface area (Å²) in [7, 11) is 4.00. The van der Waals surface area contributed by atoms with Gasteiger partial charge in [0.1, 0.15) is 0 Å². The Morgan fingerprint density at radius 3 is 2.82 bits per heavy atom. The molecule has 2 heteroatoms. The van der Waals surface area contributed by atoms with E-state index in [2.05, 4.69) is 11.6 Å². The Hall–Kier alpha value is -1.31. The molecule has 0 aliphatic carbocycles. The van der Waals surface area contributed by atoms with Gasteiger partial charge in [0.2, 0.25) is 0 Å². The van der Waals surface area contributed by atoms with Gasteiger partial charge in [0.25, 0.3) is 0 Å². The Bertz CT molecular complexity index is 253. The fraction of sp³-hybridized carbons (Fsp3) is 0.222. The van der Waals surface area contributed by atoms with E-state index in [1.807, 2.05) is 31.1 Å². The van der Waals surface area contributed by atoms with E-state index in [0.29, 0.717) is 0 Å². The van der Waals surface area contributed by atoms with Crippen molar-refractivity contribution in [2.24, 2.45) is 0 Å². The molecule has 58 valence electrons. The van der Waals surface area contributed by atoms with E-state index < -0.39 is 0 Å². The molecule has 2 nitrogen and oxygen atoms in total. The van der Waals surface area contributed by atoms with E-state index in [1.54, 1.807) is 12.3 Å². The molecule has 0 saturated carbocycles. The Morgan fingerprint density at radius 2 is 2.27 bits per heavy atom. The third-order valence-electron chi connectivity index (χ3n) is 1.49. The van der Waals surface area contributed by atoms with Crippen molar-refractivity contribution in [3.8, 4) is 0 Å². The molecular weight excluding hydrogens is 136 g/mol. The Kier molecular flexibility index (Phi) is 2.26. The van der Waals surface area contributed by atoms with Crippen LogP contribution >= 0.6 is 0 Å². The molecule has 0 bridgehead atoms. The standard InChI is InChI=1S/C9H12N2/c1-4-8-7-9(11(2)3)5-6-10-8/h4-7H,1H2,2-3H3. The van der Waals surface area contributed by atoms with Crippen molar-refractivity contribution in [3.05, 3.63) is 30.6 Å². The average Bonchev–Trinajstić information content (AvgIpc) is 2.05. The van der Waals surface area contributed by atoms with Crippen LogP contribution < -0.4 is 4.90 Å². The highest BCUT2D eigenvalue weighted by Crippen LogP contribution is 2.10. The van der Waals surface area contributed by atoms with Crippen LogP contribution in [-0.4, -0.2) is 19.1 Å². The van der Waals surface area contributed by atoms with Crippen molar-refractivity contribution in [1.82, 2.24) is 4.98 Å². The van der Waals surface area contributed by atoms with Gasteiger partial charge in [0.05, 0.1) is 5.69 Å². The van der Waals surface area contributed by atoms with Crippen LogP contribution in [0.5, 0.6) is 0 Å². The topological polar surface area (TPSA) is 16.1 Å². The molecule has 0 N–H and O–H groups in total. The summed E-state index contributed by atoms with van der Waals surface area (Å²) < 4.78 is 0. The number of aromatic nitrogens is 1. The lowest BCUT2D eigenvalue weighted by atomic mass is 10.3. The van der Waals surface area contributed by atoms with Crippen molar-refractivity contribution in [2.75, 3.05) is 19.0 Å². The van der Waals surface area contributed by atoms with E-state index in [9.17, 15) is 0 Å². The molecule has 1 aromatic rings. The summed E-state index contributed by atoms with van der Waals surface area (Å²) in [5.74, 6) is 0. The smallest absolute Gasteiger partial charge is 0.0644 e. The van der Waals surface area contributed by atoms with Gasteiger partial charge in [-0.3, -0.25) is 4.98 Å². The molecule has 0 amide bonds. The maximum atomic E-state index is 4.10. The average molecular weight is 148 g/mol. The molecule has 0 aliphatic rings. The first kappa shape index (κ1) is 7.79. The van der Waals surface area contributed by atoms with Crippen molar-refractivity contribution >= 4 is 11.8 Å². The van der Waals surface area contributed by atoms with Crippen molar-refractivity contribution in [1.29, 1.82) is 0 Å². The summed E-state index contributed by atoms with van der Waals surface area (Å²) in [5.41, 5.74) is 2.06. The van der Waals surface area contributed by atoms with Crippen LogP contribution in [0.2, 0.25) is 0 Å². The van der Waals surface area contributed by atoms with Crippen LogP contribution in [0.4, 0.5) is 5.69 Å². The SMILES string of the molecule is C=Cc1cc(N(C)C)ccn1. The van der Waals surface area contributed by atoms with Crippen LogP contribution in [0.3, 0.4) is 0 Å². The first-order valence-corrected chi connectivity index (χ1v) is 3.50. The van der Waals surface area contributed by atoms with Gasteiger partial charge < -0.3 is 4.90 Å². The van der Waals surface area contributed by atoms with Crippen molar-refractivity contribution in [3.63, 3.8) is 0 Å². The first-order valence-electron chi connectivity index (χ1n) is 3.50. The van der Waals surface area contributed by atoms with Crippen molar-refractivity contribution < 1.29 is 0 Å². The Labute approximate surface area is 67.2 Å². The molecule has 0 saturated heterocycles. The van der Waals surface area contributed by atoms with E-state index in [1.165, 1.54) is 0 Å². The zero-order chi connectivity index (χ0) is 8.27. The molecule has 1 heterocycles. The second kappa shape index (κ2) is 3.19. The lowest BCUT2D eigenvalue weighted by Gasteiger charge is -2.11. The lowest BCUT2D eigenvalue weighted by molar-refractivity contribution is 1.12. The molecule has 0 spiro atoms. The maximum absolute atomic E-state index is 4.10. The van der Waals surface area contributed by atoms with Crippen LogP contribution in [0, 0.1) is 0 Å². The van der Waals surface area contributed by atoms with Gasteiger partial charge >= 0.3 is 0 Å². The normalized spacial score (nSPS) is 9.27. The molecular formula is C9H12N2. The van der Waals surface area contributed by atoms with E-state index in [0.717, 1.165) is 11.4 Å². The van der Waals surface area contributed by atoms with Crippen LogP contribution in [0.25, 0.3) is 6.08 Å². The minimum atomic E-state index is 0.913. The highest BCUT2D eigenvalue weighted by molar-refractivity contribution is 5.52. The summed E-state index contributed by atoms with van der Waals surface area (Å²) in [6, 6.07) is 3.96. The first-order chi connectivity index (χ1) is 5.24. The summed E-state index contributed by atoms with van der Waals surface area (Å²) in [5, 5.41) is 0. The maximum Gasteiger partial charge on any atom is 0.0644 e. The largest absolute Gasteiger partial charge is 0.378 e. The van der Waals surface area contributed by atoms with Gasteiger partial charge in [-0.25, -0.2) is 0 Å². The molecule has 0 aromatic carbocycles. The molecule has 0 unspecified atom stereocenters. The van der Waals surface area contributed by atoms with Gasteiger partial charge in [-0.1, -0.05) is 6.58 Å². The van der Waals surface area contributed by atoms with Gasteiger partial charge in [0.15, 0.2) is 0 Å². The van der Waals surface area contributed by atoms with Gasteiger partial charge in [-0.05, 0) is 18.2 Å². The van der Waals surface area contributed by atoms with Crippen molar-refractivity contribution in [2.45, 2.75) is 0 Å². The second-order valence-electron chi connectivity index (χ2n) is 2.54. The monoisotopic (exact) mass is 148 g/mol. The minimum absolute atomic E-state index is 0.913. The Balaban J connectivity index is 3.00. The number of nitrogens with zero attached hydrogens (tertiary/aromatic N) is 2. The highest BCUT2D eigenvalue weighted by atomic mass is 15.1. The van der Waals surface area contributed by atoms with Crippen LogP contribution in [0.15, 0.2) is 24.9 Å². The minimum Gasteiger partial charge on any atom is -0.378 e. The fourth-order valence-corrected chi connectivity index (χ4v) is 0.826. The third-order valence-corrected chi connectivity index (χ3v) is 1.49. The van der Waals surface area contributed by atoms with E-state index in [4.69, 9.17) is 0 Å². The number of hydrogen-bond donors (Lipinski definition) is 0. The summed E-state index contributed by atoms with van der Waals surface area (Å²) in [6.07, 6.45) is 3.53. The molecule has 0 fully saturated rings. The molecule has 11 heavy (non-hydrogen) atoms. The predicted molar refractivity (Wildman–Crippen MR) is 48.7 cm³/mol. The second-order valence-corrected chi connectivity index (χ2v) is 2.54. The van der Waals surface area contributed by atoms with Gasteiger partial charge in [0, 0.05) is 26.0 Å². The van der Waals surface area contributed by atoms with E-state index in [-0.39, 0.29) is 0 Å². The van der Waals surface area contributed by atoms with Gasteiger partial charge in [-0.2, -0.15) is 0 Å². The van der Waals surface area contributed by atoms with E-state index >= 15 is 0 Å². The third kappa shape index (κ3) is 1.80. The fourth-order valence-electron chi connectivity index (χ4n) is 0.826.